The number of hydrogen-bond acceptors (Lipinski definition) is 2. The summed E-state index contributed by atoms with van der Waals surface area (Å²) in [6, 6.07) is 0. The summed E-state index contributed by atoms with van der Waals surface area (Å²) in [6.07, 6.45) is 9.13. The minimum Gasteiger partial charge on any atom is -0.373 e. The van der Waals surface area contributed by atoms with Crippen molar-refractivity contribution < 1.29 is 9.53 Å². The summed E-state index contributed by atoms with van der Waals surface area (Å²) in [4.78, 5) is 11.6. The summed E-state index contributed by atoms with van der Waals surface area (Å²) < 4.78 is 5.57. The van der Waals surface area contributed by atoms with Crippen molar-refractivity contribution in [3.8, 4) is 0 Å². The predicted molar refractivity (Wildman–Crippen MR) is 48.1 cm³/mol. The molecule has 68 valence electrons. The molecule has 2 heteroatoms. The number of carbonyl (C=O) groups excluding carboxylic acids is 1. The van der Waals surface area contributed by atoms with E-state index in [1.54, 1.807) is 13.2 Å². The van der Waals surface area contributed by atoms with Crippen LogP contribution < -0.4 is 0 Å². The Labute approximate surface area is 77.3 Å². The Hall–Kier alpha value is -0.890. The smallest absolute Gasteiger partial charge is 0.162 e. The summed E-state index contributed by atoms with van der Waals surface area (Å²) in [5.74, 6) is 1.17. The third-order valence-electron chi connectivity index (χ3n) is 3.78. The summed E-state index contributed by atoms with van der Waals surface area (Å²) in [6.45, 7) is 0. The Balaban J connectivity index is 2.13. The van der Waals surface area contributed by atoms with Gasteiger partial charge in [-0.25, -0.2) is 0 Å². The third kappa shape index (κ3) is 0.670. The number of allylic oxidation sites excluding steroid dienone is 2. The minimum absolute atomic E-state index is 0.0764. The molecule has 2 nitrogen and oxygen atoms in total. The molecule has 3 rings (SSSR count). The van der Waals surface area contributed by atoms with Crippen LogP contribution in [0.5, 0.6) is 0 Å². The molecule has 0 N–H and O–H groups in total. The number of rotatable bonds is 1. The van der Waals surface area contributed by atoms with Crippen molar-refractivity contribution in [3.63, 3.8) is 0 Å². The van der Waals surface area contributed by atoms with E-state index < -0.39 is 0 Å². The molecule has 0 spiro atoms. The Morgan fingerprint density at radius 3 is 3.08 bits per heavy atom. The van der Waals surface area contributed by atoms with Gasteiger partial charge in [-0.15, -0.1) is 0 Å². The molecule has 0 aromatic rings. The van der Waals surface area contributed by atoms with Crippen molar-refractivity contribution in [3.05, 3.63) is 24.3 Å². The average Bonchev–Trinajstić information content (AvgIpc) is 2.77. The Bertz CT molecular complexity index is 329. The fourth-order valence-electron chi connectivity index (χ4n) is 3.20. The maximum Gasteiger partial charge on any atom is 0.162 e. The van der Waals surface area contributed by atoms with E-state index in [9.17, 15) is 4.79 Å². The molecule has 0 aromatic carbocycles. The zero-order chi connectivity index (χ0) is 9.05. The van der Waals surface area contributed by atoms with Gasteiger partial charge in [0.05, 0.1) is 5.92 Å². The van der Waals surface area contributed by atoms with Gasteiger partial charge in [0.2, 0.25) is 0 Å². The fraction of sp³-hybridized carbons (Fsp3) is 0.545. The van der Waals surface area contributed by atoms with Crippen LogP contribution in [0.1, 0.15) is 6.42 Å². The average molecular weight is 176 g/mol. The van der Waals surface area contributed by atoms with Gasteiger partial charge in [0, 0.05) is 13.0 Å². The first-order chi connectivity index (χ1) is 6.28. The number of ether oxygens (including phenoxy) is 1. The van der Waals surface area contributed by atoms with E-state index in [0.29, 0.717) is 11.8 Å². The number of ketones is 1. The normalized spacial score (nSPS) is 50.5. The van der Waals surface area contributed by atoms with Crippen LogP contribution in [0.3, 0.4) is 0 Å². The number of fused-ring (bicyclic) bond motifs is 5. The van der Waals surface area contributed by atoms with Crippen molar-refractivity contribution in [1.29, 1.82) is 0 Å². The van der Waals surface area contributed by atoms with Crippen LogP contribution in [0.15, 0.2) is 24.3 Å². The molecule has 0 aromatic heterocycles. The first kappa shape index (κ1) is 7.51. The van der Waals surface area contributed by atoms with Crippen LogP contribution >= 0.6 is 0 Å². The van der Waals surface area contributed by atoms with Crippen molar-refractivity contribution >= 4 is 5.78 Å². The topological polar surface area (TPSA) is 26.3 Å². The van der Waals surface area contributed by atoms with E-state index >= 15 is 0 Å². The predicted octanol–water partition coefficient (Wildman–Crippen LogP) is 1.33. The van der Waals surface area contributed by atoms with Crippen LogP contribution in [0.2, 0.25) is 0 Å². The number of carbonyl (C=O) groups is 1. The molecule has 0 amide bonds. The lowest BCUT2D eigenvalue weighted by Gasteiger charge is -2.33. The highest BCUT2D eigenvalue weighted by atomic mass is 16.5. The van der Waals surface area contributed by atoms with Gasteiger partial charge in [-0.1, -0.05) is 12.2 Å². The molecule has 4 atom stereocenters. The molecule has 0 heterocycles. The van der Waals surface area contributed by atoms with E-state index in [1.807, 2.05) is 6.08 Å². The van der Waals surface area contributed by atoms with E-state index in [4.69, 9.17) is 4.74 Å². The highest BCUT2D eigenvalue weighted by Crippen LogP contribution is 2.55. The molecule has 0 aliphatic heterocycles. The van der Waals surface area contributed by atoms with Crippen molar-refractivity contribution in [2.45, 2.75) is 12.0 Å². The quantitative estimate of drug-likeness (QED) is 0.563. The molecule has 3 aliphatic rings. The minimum atomic E-state index is -0.281. The number of methoxy groups -OCH3 is 1. The highest BCUT2D eigenvalue weighted by Gasteiger charge is 2.59. The van der Waals surface area contributed by atoms with Gasteiger partial charge in [0.25, 0.3) is 0 Å². The van der Waals surface area contributed by atoms with Crippen LogP contribution in [0, 0.1) is 17.8 Å². The molecule has 0 unspecified atom stereocenters. The maximum absolute atomic E-state index is 11.6. The summed E-state index contributed by atoms with van der Waals surface area (Å²) >= 11 is 0. The molecule has 1 saturated carbocycles. The van der Waals surface area contributed by atoms with Crippen LogP contribution in [0.4, 0.5) is 0 Å². The van der Waals surface area contributed by atoms with E-state index in [-0.39, 0.29) is 17.3 Å². The van der Waals surface area contributed by atoms with Gasteiger partial charge < -0.3 is 4.74 Å². The van der Waals surface area contributed by atoms with Crippen LogP contribution in [-0.2, 0) is 9.53 Å². The van der Waals surface area contributed by atoms with E-state index in [1.165, 1.54) is 0 Å². The van der Waals surface area contributed by atoms with Gasteiger partial charge in [-0.2, -0.15) is 0 Å². The number of hydrogen-bond donors (Lipinski definition) is 0. The lowest BCUT2D eigenvalue weighted by molar-refractivity contribution is -0.124. The lowest BCUT2D eigenvalue weighted by Crippen LogP contribution is -2.41. The second-order valence-electron chi connectivity index (χ2n) is 4.16. The van der Waals surface area contributed by atoms with Crippen molar-refractivity contribution in [2.24, 2.45) is 17.8 Å². The van der Waals surface area contributed by atoms with Gasteiger partial charge in [0.15, 0.2) is 5.78 Å². The Kier molecular flexibility index (Phi) is 1.23. The van der Waals surface area contributed by atoms with Crippen molar-refractivity contribution in [1.82, 2.24) is 0 Å². The van der Waals surface area contributed by atoms with E-state index in [0.717, 1.165) is 6.42 Å². The second kappa shape index (κ2) is 2.13. The summed E-state index contributed by atoms with van der Waals surface area (Å²) in [7, 11) is 1.71. The standard InChI is InChI=1S/C11H12O2/c1-13-11-5-4-9(12)10(11)7-2-3-8(11)6-7/h2-5,7-8,10H,6H2,1H3/t7-,8+,10+,11-/m1/s1. The van der Waals surface area contributed by atoms with Crippen molar-refractivity contribution in [2.75, 3.05) is 7.11 Å². The molecular formula is C11H12O2. The van der Waals surface area contributed by atoms with E-state index in [2.05, 4.69) is 12.2 Å². The van der Waals surface area contributed by atoms with Gasteiger partial charge in [-0.3, -0.25) is 4.79 Å². The van der Waals surface area contributed by atoms with Gasteiger partial charge in [-0.05, 0) is 24.5 Å². The molecule has 13 heavy (non-hydrogen) atoms. The fourth-order valence-corrected chi connectivity index (χ4v) is 3.20. The van der Waals surface area contributed by atoms with Gasteiger partial charge in [0.1, 0.15) is 5.60 Å². The van der Waals surface area contributed by atoms with Crippen LogP contribution in [-0.4, -0.2) is 18.5 Å². The molecule has 0 radical (unpaired) electrons. The van der Waals surface area contributed by atoms with Crippen LogP contribution in [0.25, 0.3) is 0 Å². The SMILES string of the molecule is CO[C@@]12C=CC(=O)[C@@H]1[C@@H]1C=C[C@H]2C1. The maximum atomic E-state index is 11.6. The first-order valence-corrected chi connectivity index (χ1v) is 4.74. The van der Waals surface area contributed by atoms with Gasteiger partial charge >= 0.3 is 0 Å². The molecule has 1 fully saturated rings. The highest BCUT2D eigenvalue weighted by molar-refractivity contribution is 5.97. The molecule has 3 aliphatic carbocycles. The molecule has 0 saturated heterocycles. The Morgan fingerprint density at radius 1 is 1.54 bits per heavy atom. The zero-order valence-electron chi connectivity index (χ0n) is 7.57. The largest absolute Gasteiger partial charge is 0.373 e. The zero-order valence-corrected chi connectivity index (χ0v) is 7.57. The summed E-state index contributed by atoms with van der Waals surface area (Å²) in [5.41, 5.74) is -0.281. The second-order valence-corrected chi connectivity index (χ2v) is 4.16. The molecular weight excluding hydrogens is 164 g/mol. The summed E-state index contributed by atoms with van der Waals surface area (Å²) in [5, 5.41) is 0. The lowest BCUT2D eigenvalue weighted by atomic mass is 9.81. The monoisotopic (exact) mass is 176 g/mol. The molecule has 2 bridgehead atoms. The Morgan fingerprint density at radius 2 is 2.38 bits per heavy atom. The first-order valence-electron chi connectivity index (χ1n) is 4.74. The third-order valence-corrected chi connectivity index (χ3v) is 3.78.